The van der Waals surface area contributed by atoms with Gasteiger partial charge in [0.1, 0.15) is 11.5 Å². The van der Waals surface area contributed by atoms with Gasteiger partial charge in [0, 0.05) is 60.1 Å². The van der Waals surface area contributed by atoms with E-state index in [1.165, 1.54) is 12.1 Å². The number of hydrogen-bond donors (Lipinski definition) is 0. The lowest BCUT2D eigenvalue weighted by Gasteiger charge is -2.39. The maximum absolute atomic E-state index is 13.7. The summed E-state index contributed by atoms with van der Waals surface area (Å²) >= 11 is 6.32. The molecule has 0 unspecified atom stereocenters. The molecule has 36 heavy (non-hydrogen) atoms. The molecular weight excluding hydrogens is 482 g/mol. The Kier molecular flexibility index (Phi) is 8.07. The molecule has 188 valence electrons. The van der Waals surface area contributed by atoms with Crippen molar-refractivity contribution in [2.75, 3.05) is 32.2 Å². The number of amides is 1. The van der Waals surface area contributed by atoms with Gasteiger partial charge in [-0.1, -0.05) is 17.7 Å². The number of nitro benzene ring substituents is 1. The first-order valence-electron chi connectivity index (χ1n) is 11.7. The van der Waals surface area contributed by atoms with Gasteiger partial charge in [0.05, 0.1) is 19.1 Å². The Morgan fingerprint density at radius 2 is 1.72 bits per heavy atom. The highest BCUT2D eigenvalue weighted by molar-refractivity contribution is 6.31. The highest BCUT2D eigenvalue weighted by Gasteiger charge is 2.30. The van der Waals surface area contributed by atoms with Gasteiger partial charge in [-0.05, 0) is 60.9 Å². The van der Waals surface area contributed by atoms with Gasteiger partial charge in [-0.25, -0.2) is 0 Å². The molecule has 0 spiro atoms. The average Bonchev–Trinajstić information content (AvgIpc) is 2.91. The van der Waals surface area contributed by atoms with Crippen molar-refractivity contribution >= 4 is 28.9 Å². The molecule has 0 aliphatic carbocycles. The number of non-ortho nitro benzene ring substituents is 1. The molecule has 1 saturated heterocycles. The molecular formula is C27H28ClN3O5. The molecule has 1 fully saturated rings. The van der Waals surface area contributed by atoms with E-state index < -0.39 is 4.92 Å². The van der Waals surface area contributed by atoms with Crippen LogP contribution in [0.3, 0.4) is 0 Å². The number of hydrogen-bond acceptors (Lipinski definition) is 6. The van der Waals surface area contributed by atoms with Crippen LogP contribution in [-0.2, 0) is 6.54 Å². The molecule has 0 bridgehead atoms. The second-order valence-electron chi connectivity index (χ2n) is 8.65. The summed E-state index contributed by atoms with van der Waals surface area (Å²) in [6, 6.07) is 19.1. The van der Waals surface area contributed by atoms with Crippen molar-refractivity contribution in [2.45, 2.75) is 25.4 Å². The first-order chi connectivity index (χ1) is 17.4. The predicted octanol–water partition coefficient (Wildman–Crippen LogP) is 5.58. The van der Waals surface area contributed by atoms with Crippen LogP contribution in [0.5, 0.6) is 11.5 Å². The molecule has 1 aliphatic heterocycles. The van der Waals surface area contributed by atoms with E-state index in [1.807, 2.05) is 29.2 Å². The third-order valence-electron chi connectivity index (χ3n) is 6.44. The Labute approximate surface area is 215 Å². The zero-order valence-corrected chi connectivity index (χ0v) is 21.0. The van der Waals surface area contributed by atoms with Gasteiger partial charge >= 0.3 is 0 Å². The molecule has 3 aromatic rings. The fraction of sp³-hybridized carbons (Fsp3) is 0.296. The number of carbonyl (C=O) groups is 1. The van der Waals surface area contributed by atoms with Gasteiger partial charge in [0.2, 0.25) is 0 Å². The normalized spacial score (nSPS) is 14.3. The maximum atomic E-state index is 13.7. The molecule has 0 N–H and O–H groups in total. The summed E-state index contributed by atoms with van der Waals surface area (Å²) in [4.78, 5) is 28.5. The molecule has 0 atom stereocenters. The van der Waals surface area contributed by atoms with E-state index in [4.69, 9.17) is 21.1 Å². The van der Waals surface area contributed by atoms with E-state index in [9.17, 15) is 14.9 Å². The molecule has 1 amide bonds. The molecule has 0 saturated carbocycles. The second kappa shape index (κ2) is 11.4. The molecule has 8 nitrogen and oxygen atoms in total. The third-order valence-corrected chi connectivity index (χ3v) is 6.81. The number of nitro groups is 1. The lowest BCUT2D eigenvalue weighted by molar-refractivity contribution is -0.384. The number of nitrogens with zero attached hydrogens (tertiary/aromatic N) is 3. The number of methoxy groups -OCH3 is 2. The Balaban J connectivity index is 1.54. The van der Waals surface area contributed by atoms with E-state index in [1.54, 1.807) is 44.6 Å². The maximum Gasteiger partial charge on any atom is 0.269 e. The van der Waals surface area contributed by atoms with E-state index in [0.717, 1.165) is 37.2 Å². The summed E-state index contributed by atoms with van der Waals surface area (Å²) in [5.41, 5.74) is 2.10. The van der Waals surface area contributed by atoms with Crippen LogP contribution in [0.25, 0.3) is 0 Å². The van der Waals surface area contributed by atoms with Gasteiger partial charge in [0.15, 0.2) is 0 Å². The minimum atomic E-state index is -0.414. The summed E-state index contributed by atoms with van der Waals surface area (Å²) in [7, 11) is 3.19. The van der Waals surface area contributed by atoms with Crippen LogP contribution in [0.2, 0.25) is 5.02 Å². The molecule has 9 heteroatoms. The average molecular weight is 510 g/mol. The largest absolute Gasteiger partial charge is 0.497 e. The van der Waals surface area contributed by atoms with E-state index in [-0.39, 0.29) is 17.6 Å². The van der Waals surface area contributed by atoms with Crippen LogP contribution in [0.1, 0.15) is 28.8 Å². The molecule has 0 aromatic heterocycles. The monoisotopic (exact) mass is 509 g/mol. The molecule has 1 heterocycles. The number of rotatable bonds is 8. The van der Waals surface area contributed by atoms with Crippen molar-refractivity contribution < 1.29 is 19.2 Å². The zero-order chi connectivity index (χ0) is 25.7. The Bertz CT molecular complexity index is 1230. The number of likely N-dealkylation sites (tertiary alicyclic amines) is 1. The highest BCUT2D eigenvalue weighted by atomic mass is 35.5. The standard InChI is InChI=1S/C27H28ClN3O5/c1-35-24-9-6-19(7-10-24)27(32)30(22-4-3-5-25(17-22)36-2)21-12-14-29(15-13-21)18-20-16-23(31(33)34)8-11-26(20)28/h3-11,16-17,21H,12-15,18H2,1-2H3. The van der Waals surface area contributed by atoms with Crippen LogP contribution in [0, 0.1) is 10.1 Å². The number of carbonyl (C=O) groups excluding carboxylic acids is 1. The third kappa shape index (κ3) is 5.78. The number of ether oxygens (including phenoxy) is 2. The lowest BCUT2D eigenvalue weighted by Crippen LogP contribution is -2.47. The molecule has 1 aliphatic rings. The Morgan fingerprint density at radius 1 is 1.03 bits per heavy atom. The molecule has 3 aromatic carbocycles. The van der Waals surface area contributed by atoms with Crippen LogP contribution in [-0.4, -0.2) is 49.1 Å². The van der Waals surface area contributed by atoms with Crippen LogP contribution in [0.15, 0.2) is 66.7 Å². The van der Waals surface area contributed by atoms with Crippen LogP contribution < -0.4 is 14.4 Å². The number of piperidine rings is 1. The van der Waals surface area contributed by atoms with Crippen molar-refractivity contribution in [3.8, 4) is 11.5 Å². The van der Waals surface area contributed by atoms with Gasteiger partial charge < -0.3 is 14.4 Å². The minimum absolute atomic E-state index is 0.0245. The summed E-state index contributed by atoms with van der Waals surface area (Å²) in [5, 5.41) is 11.7. The van der Waals surface area contributed by atoms with Crippen molar-refractivity contribution in [3.05, 3.63) is 93.0 Å². The second-order valence-corrected chi connectivity index (χ2v) is 9.05. The van der Waals surface area contributed by atoms with Crippen molar-refractivity contribution in [1.82, 2.24) is 4.90 Å². The SMILES string of the molecule is COc1ccc(C(=O)N(c2cccc(OC)c2)C2CCN(Cc3cc([N+](=O)[O-])ccc3Cl)CC2)cc1. The van der Waals surface area contributed by atoms with E-state index in [2.05, 4.69) is 4.90 Å². The summed E-state index contributed by atoms with van der Waals surface area (Å²) in [6.45, 7) is 1.96. The first kappa shape index (κ1) is 25.5. The molecule has 0 radical (unpaired) electrons. The fourth-order valence-electron chi connectivity index (χ4n) is 4.50. The number of anilines is 1. The number of benzene rings is 3. The summed E-state index contributed by atoms with van der Waals surface area (Å²) in [6.07, 6.45) is 1.48. The predicted molar refractivity (Wildman–Crippen MR) is 139 cm³/mol. The van der Waals surface area contributed by atoms with E-state index >= 15 is 0 Å². The first-order valence-corrected chi connectivity index (χ1v) is 12.0. The lowest BCUT2D eigenvalue weighted by atomic mass is 10.00. The van der Waals surface area contributed by atoms with E-state index in [0.29, 0.717) is 28.6 Å². The Hall–Kier alpha value is -3.62. The number of halogens is 1. The summed E-state index contributed by atoms with van der Waals surface area (Å²) in [5.74, 6) is 1.27. The fourth-order valence-corrected chi connectivity index (χ4v) is 4.68. The van der Waals surface area contributed by atoms with Crippen LogP contribution in [0.4, 0.5) is 11.4 Å². The van der Waals surface area contributed by atoms with Gasteiger partial charge in [-0.3, -0.25) is 19.8 Å². The highest BCUT2D eigenvalue weighted by Crippen LogP contribution is 2.30. The summed E-state index contributed by atoms with van der Waals surface area (Å²) < 4.78 is 10.6. The van der Waals surface area contributed by atoms with Crippen molar-refractivity contribution in [1.29, 1.82) is 0 Å². The van der Waals surface area contributed by atoms with Gasteiger partial charge in [0.25, 0.3) is 11.6 Å². The van der Waals surface area contributed by atoms with Gasteiger partial charge in [-0.2, -0.15) is 0 Å². The van der Waals surface area contributed by atoms with Crippen molar-refractivity contribution in [2.24, 2.45) is 0 Å². The zero-order valence-electron chi connectivity index (χ0n) is 20.2. The van der Waals surface area contributed by atoms with Gasteiger partial charge in [-0.15, -0.1) is 0 Å². The minimum Gasteiger partial charge on any atom is -0.497 e. The van der Waals surface area contributed by atoms with Crippen molar-refractivity contribution in [3.63, 3.8) is 0 Å². The van der Waals surface area contributed by atoms with Crippen LogP contribution >= 0.6 is 11.6 Å². The molecule has 4 rings (SSSR count). The Morgan fingerprint density at radius 3 is 2.36 bits per heavy atom. The topological polar surface area (TPSA) is 85.1 Å². The smallest absolute Gasteiger partial charge is 0.269 e. The quantitative estimate of drug-likeness (QED) is 0.291.